The lowest BCUT2D eigenvalue weighted by Crippen LogP contribution is -2.25. The molecule has 0 spiro atoms. The SMILES string of the molecule is CC.CC(C)C.CCCCCC(CCCCC)CCCOC(=O)CCCCCCCOC=O.CCCCCC(CCCCC)CCCOC=O.CCCCCCCCN1CCC(OC(=O)CCC)C1. The third kappa shape index (κ3) is 63.8. The van der Waals surface area contributed by atoms with Crippen molar-refractivity contribution >= 4 is 24.9 Å². The van der Waals surface area contributed by atoms with E-state index in [1.165, 1.54) is 161 Å². The first kappa shape index (κ1) is 73.4. The van der Waals surface area contributed by atoms with Gasteiger partial charge in [-0.25, -0.2) is 0 Å². The zero-order valence-electron chi connectivity index (χ0n) is 48.2. The molecule has 0 saturated carbocycles. The van der Waals surface area contributed by atoms with Crippen molar-refractivity contribution in [2.45, 2.75) is 307 Å². The highest BCUT2D eigenvalue weighted by atomic mass is 16.5. The molecular formula is C60H121NO8. The van der Waals surface area contributed by atoms with E-state index in [1.54, 1.807) is 0 Å². The van der Waals surface area contributed by atoms with E-state index >= 15 is 0 Å². The molecule has 1 rings (SSSR count). The number of nitrogens with zero attached hydrogens (tertiary/aromatic N) is 1. The second kappa shape index (κ2) is 63.9. The number of carbonyl (C=O) groups is 4. The summed E-state index contributed by atoms with van der Waals surface area (Å²) in [6.07, 6.45) is 42.0. The van der Waals surface area contributed by atoms with Crippen LogP contribution < -0.4 is 0 Å². The summed E-state index contributed by atoms with van der Waals surface area (Å²) < 4.78 is 20.3. The molecule has 9 heteroatoms. The number of hydrogen-bond donors (Lipinski definition) is 0. The van der Waals surface area contributed by atoms with E-state index in [9.17, 15) is 19.2 Å². The van der Waals surface area contributed by atoms with Crippen LogP contribution >= 0.6 is 0 Å². The molecule has 0 aliphatic carbocycles. The summed E-state index contributed by atoms with van der Waals surface area (Å²) in [6.45, 7) is 29.8. The van der Waals surface area contributed by atoms with Gasteiger partial charge in [-0.2, -0.15) is 0 Å². The maximum absolute atomic E-state index is 11.8. The van der Waals surface area contributed by atoms with Crippen molar-refractivity contribution in [2.24, 2.45) is 17.8 Å². The number of carbonyl (C=O) groups excluding carboxylic acids is 4. The number of rotatable bonds is 44. The molecule has 1 aliphatic heterocycles. The summed E-state index contributed by atoms with van der Waals surface area (Å²) in [5.74, 6) is 2.43. The van der Waals surface area contributed by atoms with Gasteiger partial charge in [0.1, 0.15) is 6.10 Å². The molecule has 414 valence electrons. The molecule has 69 heavy (non-hydrogen) atoms. The van der Waals surface area contributed by atoms with E-state index < -0.39 is 0 Å². The fourth-order valence-corrected chi connectivity index (χ4v) is 8.43. The van der Waals surface area contributed by atoms with Crippen LogP contribution in [0.3, 0.4) is 0 Å². The molecule has 9 nitrogen and oxygen atoms in total. The lowest BCUT2D eigenvalue weighted by atomic mass is 9.91. The smallest absolute Gasteiger partial charge is 0.306 e. The Kier molecular flexibility index (Phi) is 67.9. The zero-order chi connectivity index (χ0) is 52.3. The first-order valence-electron chi connectivity index (χ1n) is 29.8. The number of likely N-dealkylation sites (tertiary alicyclic amines) is 1. The second-order valence-corrected chi connectivity index (χ2v) is 20.1. The fraction of sp³-hybridized carbons (Fsp3) is 0.933. The third-order valence-corrected chi connectivity index (χ3v) is 12.3. The first-order chi connectivity index (χ1) is 33.6. The lowest BCUT2D eigenvalue weighted by Gasteiger charge is -2.16. The molecule has 0 amide bonds. The Balaban J connectivity index is -0.000000445. The maximum atomic E-state index is 11.8. The van der Waals surface area contributed by atoms with Crippen molar-refractivity contribution in [2.75, 3.05) is 39.5 Å². The molecule has 1 fully saturated rings. The fourth-order valence-electron chi connectivity index (χ4n) is 8.43. The number of unbranched alkanes of at least 4 members (excludes halogenated alkanes) is 17. The minimum absolute atomic E-state index is 0.0195. The average Bonchev–Trinajstić information content (AvgIpc) is 3.78. The van der Waals surface area contributed by atoms with Crippen molar-refractivity contribution in [3.63, 3.8) is 0 Å². The summed E-state index contributed by atoms with van der Waals surface area (Å²) in [5.41, 5.74) is 0. The van der Waals surface area contributed by atoms with Crippen molar-refractivity contribution < 1.29 is 38.1 Å². The first-order valence-corrected chi connectivity index (χ1v) is 29.8. The van der Waals surface area contributed by atoms with Gasteiger partial charge in [0.15, 0.2) is 0 Å². The van der Waals surface area contributed by atoms with E-state index in [4.69, 9.17) is 14.2 Å². The zero-order valence-corrected chi connectivity index (χ0v) is 48.2. The van der Waals surface area contributed by atoms with E-state index in [0.29, 0.717) is 45.6 Å². The molecule has 1 aliphatic rings. The quantitative estimate of drug-likeness (QED) is 0.0255. The highest BCUT2D eigenvalue weighted by molar-refractivity contribution is 5.69. The highest BCUT2D eigenvalue weighted by Crippen LogP contribution is 2.24. The van der Waals surface area contributed by atoms with Crippen LogP contribution in [0.4, 0.5) is 0 Å². The van der Waals surface area contributed by atoms with Crippen LogP contribution in [0.1, 0.15) is 301 Å². The summed E-state index contributed by atoms with van der Waals surface area (Å²) in [6, 6.07) is 0. The summed E-state index contributed by atoms with van der Waals surface area (Å²) >= 11 is 0. The summed E-state index contributed by atoms with van der Waals surface area (Å²) in [7, 11) is 0. The van der Waals surface area contributed by atoms with Crippen LogP contribution in [0, 0.1) is 17.8 Å². The van der Waals surface area contributed by atoms with Crippen LogP contribution in [0.15, 0.2) is 0 Å². The largest absolute Gasteiger partial charge is 0.468 e. The van der Waals surface area contributed by atoms with E-state index in [-0.39, 0.29) is 18.0 Å². The summed E-state index contributed by atoms with van der Waals surface area (Å²) in [4.78, 5) is 45.7. The Labute approximate surface area is 430 Å². The van der Waals surface area contributed by atoms with Crippen LogP contribution in [-0.4, -0.2) is 75.3 Å². The molecule has 0 aromatic rings. The Morgan fingerprint density at radius 1 is 0.478 bits per heavy atom. The second-order valence-electron chi connectivity index (χ2n) is 20.1. The molecule has 1 saturated heterocycles. The maximum Gasteiger partial charge on any atom is 0.306 e. The van der Waals surface area contributed by atoms with Crippen molar-refractivity contribution in [3.8, 4) is 0 Å². The molecule has 1 atom stereocenters. The minimum Gasteiger partial charge on any atom is -0.468 e. The van der Waals surface area contributed by atoms with Gasteiger partial charge in [0, 0.05) is 25.9 Å². The van der Waals surface area contributed by atoms with Crippen LogP contribution in [0.2, 0.25) is 0 Å². The van der Waals surface area contributed by atoms with Gasteiger partial charge in [-0.15, -0.1) is 0 Å². The van der Waals surface area contributed by atoms with Crippen LogP contribution in [-0.2, 0) is 38.1 Å². The highest BCUT2D eigenvalue weighted by Gasteiger charge is 2.24. The molecule has 0 bridgehead atoms. The molecule has 0 aromatic heterocycles. The Bertz CT molecular complexity index is 987. The standard InChI is InChI=1S/C23H44O4.C16H31NO2.C15H30O2.C4H10.C2H6/c1-3-5-10-15-22(16-11-6-4-2)17-14-20-27-23(25)18-12-8-7-9-13-19-26-21-24;1-3-5-6-7-8-9-12-17-13-11-15(14-17)19-16(18)10-4-2;1-3-5-7-10-15(11-8-6-4-2)12-9-13-17-14-16;1-4(2)3;1-2/h21-22H,3-20H2,1-2H3;15H,3-14H2,1-2H3;14-15H,3-13H2,1-2H3;4H,1-3H3;1-2H3. The number of ether oxygens (including phenoxy) is 4. The van der Waals surface area contributed by atoms with E-state index in [0.717, 1.165) is 88.6 Å². The Morgan fingerprint density at radius 3 is 1.33 bits per heavy atom. The normalized spacial score (nSPS) is 13.0. The van der Waals surface area contributed by atoms with Crippen LogP contribution in [0.5, 0.6) is 0 Å². The van der Waals surface area contributed by atoms with Gasteiger partial charge < -0.3 is 18.9 Å². The average molecular weight is 985 g/mol. The number of hydrogen-bond acceptors (Lipinski definition) is 9. The van der Waals surface area contributed by atoms with Crippen molar-refractivity contribution in [3.05, 3.63) is 0 Å². The minimum atomic E-state index is -0.0483. The van der Waals surface area contributed by atoms with Gasteiger partial charge in [0.25, 0.3) is 12.9 Å². The molecule has 0 aromatic carbocycles. The van der Waals surface area contributed by atoms with Crippen LogP contribution in [0.25, 0.3) is 0 Å². The molecule has 1 heterocycles. The monoisotopic (exact) mass is 984 g/mol. The molecule has 0 N–H and O–H groups in total. The topological polar surface area (TPSA) is 108 Å². The Morgan fingerprint density at radius 2 is 0.870 bits per heavy atom. The molecule has 0 radical (unpaired) electrons. The third-order valence-electron chi connectivity index (χ3n) is 12.3. The van der Waals surface area contributed by atoms with Crippen molar-refractivity contribution in [1.29, 1.82) is 0 Å². The summed E-state index contributed by atoms with van der Waals surface area (Å²) in [5, 5.41) is 0. The van der Waals surface area contributed by atoms with Gasteiger partial charge >= 0.3 is 11.9 Å². The van der Waals surface area contributed by atoms with Gasteiger partial charge in [-0.3, -0.25) is 24.1 Å². The van der Waals surface area contributed by atoms with Gasteiger partial charge in [0.2, 0.25) is 0 Å². The predicted molar refractivity (Wildman–Crippen MR) is 296 cm³/mol. The Hall–Kier alpha value is -2.16. The van der Waals surface area contributed by atoms with E-state index in [2.05, 4.69) is 65.0 Å². The van der Waals surface area contributed by atoms with Gasteiger partial charge in [-0.1, -0.05) is 230 Å². The molecule has 1 unspecified atom stereocenters. The van der Waals surface area contributed by atoms with Gasteiger partial charge in [0.05, 0.1) is 19.8 Å². The predicted octanol–water partition coefficient (Wildman–Crippen LogP) is 17.8. The molecular weight excluding hydrogens is 863 g/mol. The van der Waals surface area contributed by atoms with Crippen molar-refractivity contribution in [1.82, 2.24) is 4.90 Å². The number of esters is 2. The van der Waals surface area contributed by atoms with E-state index in [1.807, 2.05) is 20.8 Å². The van der Waals surface area contributed by atoms with Gasteiger partial charge in [-0.05, 0) is 82.1 Å². The lowest BCUT2D eigenvalue weighted by molar-refractivity contribution is -0.148.